The number of Topliss-reactive ketones (excluding diaryl/α,β-unsaturated/α-hetero) is 1. The number of nitrogens with zero attached hydrogens (tertiary/aromatic N) is 3. The molecule has 1 aromatic carbocycles. The summed E-state index contributed by atoms with van der Waals surface area (Å²) in [6, 6.07) is 6.03. The summed E-state index contributed by atoms with van der Waals surface area (Å²) in [7, 11) is 0. The second-order valence-corrected chi connectivity index (χ2v) is 4.61. The highest BCUT2D eigenvalue weighted by Gasteiger charge is 2.19. The lowest BCUT2D eigenvalue weighted by Crippen LogP contribution is -2.09. The van der Waals surface area contributed by atoms with E-state index >= 15 is 0 Å². The Labute approximate surface area is 111 Å². The summed E-state index contributed by atoms with van der Waals surface area (Å²) in [5.41, 5.74) is 4.57. The summed E-state index contributed by atoms with van der Waals surface area (Å²) >= 11 is 0. The van der Waals surface area contributed by atoms with Crippen LogP contribution in [0, 0.1) is 6.92 Å². The van der Waals surface area contributed by atoms with Crippen LogP contribution in [0.25, 0.3) is 11.1 Å². The van der Waals surface area contributed by atoms with Gasteiger partial charge in [0, 0.05) is 30.4 Å². The lowest BCUT2D eigenvalue weighted by Gasteiger charge is -2.05. The van der Waals surface area contributed by atoms with Crippen molar-refractivity contribution in [1.29, 1.82) is 0 Å². The molecule has 0 saturated carbocycles. The van der Waals surface area contributed by atoms with Crippen LogP contribution in [-0.4, -0.2) is 21.5 Å². The molecule has 0 saturated heterocycles. The Balaban J connectivity index is 2.07. The van der Waals surface area contributed by atoms with Crippen molar-refractivity contribution in [2.45, 2.75) is 20.4 Å². The normalized spacial score (nSPS) is 13.1. The van der Waals surface area contributed by atoms with Gasteiger partial charge in [-0.1, -0.05) is 12.1 Å². The van der Waals surface area contributed by atoms with Crippen molar-refractivity contribution in [2.24, 2.45) is 4.99 Å². The maximum atomic E-state index is 11.5. The van der Waals surface area contributed by atoms with Crippen molar-refractivity contribution in [2.75, 3.05) is 0 Å². The molecule has 0 N–H and O–H groups in total. The molecule has 4 nitrogen and oxygen atoms in total. The highest BCUT2D eigenvalue weighted by atomic mass is 16.1. The van der Waals surface area contributed by atoms with Gasteiger partial charge in [0.15, 0.2) is 5.78 Å². The summed E-state index contributed by atoms with van der Waals surface area (Å²) in [6.07, 6.45) is 3.59. The van der Waals surface area contributed by atoms with Crippen LogP contribution < -0.4 is 0 Å². The number of rotatable bonds is 2. The van der Waals surface area contributed by atoms with Gasteiger partial charge in [-0.3, -0.25) is 9.79 Å². The fraction of sp³-hybridized carbons (Fsp3) is 0.200. The summed E-state index contributed by atoms with van der Waals surface area (Å²) in [4.78, 5) is 24.2. The van der Waals surface area contributed by atoms with Crippen molar-refractivity contribution >= 4 is 11.5 Å². The number of hydrogen-bond donors (Lipinski definition) is 0. The van der Waals surface area contributed by atoms with E-state index in [1.165, 1.54) is 0 Å². The molecule has 0 spiro atoms. The Hall–Kier alpha value is -2.36. The van der Waals surface area contributed by atoms with Crippen LogP contribution in [0.2, 0.25) is 0 Å². The van der Waals surface area contributed by atoms with Gasteiger partial charge in [0.1, 0.15) is 11.5 Å². The van der Waals surface area contributed by atoms with E-state index < -0.39 is 0 Å². The lowest BCUT2D eigenvalue weighted by atomic mass is 9.98. The summed E-state index contributed by atoms with van der Waals surface area (Å²) < 4.78 is 0. The first-order valence-corrected chi connectivity index (χ1v) is 6.13. The Morgan fingerprint density at radius 2 is 1.89 bits per heavy atom. The molecule has 0 aliphatic carbocycles. The first-order chi connectivity index (χ1) is 9.15. The van der Waals surface area contributed by atoms with E-state index in [2.05, 4.69) is 15.0 Å². The fourth-order valence-corrected chi connectivity index (χ4v) is 2.21. The average molecular weight is 251 g/mol. The topological polar surface area (TPSA) is 55.2 Å². The van der Waals surface area contributed by atoms with Crippen molar-refractivity contribution in [3.8, 4) is 11.1 Å². The predicted octanol–water partition coefficient (Wildman–Crippen LogP) is 2.34. The molecule has 1 aliphatic heterocycles. The van der Waals surface area contributed by atoms with E-state index in [1.807, 2.05) is 25.1 Å². The molecule has 2 aromatic rings. The summed E-state index contributed by atoms with van der Waals surface area (Å²) in [5.74, 6) is 0.756. The minimum absolute atomic E-state index is 0.0102. The standard InChI is InChI=1S/C15H13N3O/c1-9(19)15-14-5-11(3-4-12(14)6-18-15)13-7-16-10(2)17-8-13/h3-5,7-8H,6H2,1-2H3. The molecule has 1 aliphatic rings. The van der Waals surface area contributed by atoms with Gasteiger partial charge in [-0.15, -0.1) is 0 Å². The minimum Gasteiger partial charge on any atom is -0.293 e. The van der Waals surface area contributed by atoms with Gasteiger partial charge in [-0.05, 0) is 24.1 Å². The predicted molar refractivity (Wildman–Crippen MR) is 73.1 cm³/mol. The molecule has 0 atom stereocenters. The van der Waals surface area contributed by atoms with E-state index in [0.29, 0.717) is 12.3 Å². The highest BCUT2D eigenvalue weighted by Crippen LogP contribution is 2.26. The van der Waals surface area contributed by atoms with Crippen LogP contribution in [0.15, 0.2) is 35.6 Å². The molecule has 0 fully saturated rings. The molecular formula is C15H13N3O. The van der Waals surface area contributed by atoms with E-state index in [1.54, 1.807) is 19.3 Å². The molecule has 1 aromatic heterocycles. The van der Waals surface area contributed by atoms with Gasteiger partial charge >= 0.3 is 0 Å². The largest absolute Gasteiger partial charge is 0.293 e. The number of aromatic nitrogens is 2. The molecule has 0 amide bonds. The number of hydrogen-bond acceptors (Lipinski definition) is 4. The third kappa shape index (κ3) is 2.05. The fourth-order valence-electron chi connectivity index (χ4n) is 2.21. The Bertz CT molecular complexity index is 687. The second-order valence-electron chi connectivity index (χ2n) is 4.61. The van der Waals surface area contributed by atoms with Crippen LogP contribution in [-0.2, 0) is 11.3 Å². The molecule has 19 heavy (non-hydrogen) atoms. The lowest BCUT2D eigenvalue weighted by molar-refractivity contribution is -0.111. The van der Waals surface area contributed by atoms with Gasteiger partial charge in [0.25, 0.3) is 0 Å². The number of carbonyl (C=O) groups excluding carboxylic acids is 1. The van der Waals surface area contributed by atoms with E-state index in [0.717, 1.165) is 28.1 Å². The van der Waals surface area contributed by atoms with Crippen LogP contribution in [0.5, 0.6) is 0 Å². The van der Waals surface area contributed by atoms with Gasteiger partial charge in [-0.2, -0.15) is 0 Å². The van der Waals surface area contributed by atoms with Gasteiger partial charge in [0.05, 0.1) is 6.54 Å². The Morgan fingerprint density at radius 3 is 2.58 bits per heavy atom. The zero-order valence-corrected chi connectivity index (χ0v) is 10.8. The molecule has 0 bridgehead atoms. The smallest absolute Gasteiger partial charge is 0.178 e. The molecule has 0 unspecified atom stereocenters. The molecule has 4 heteroatoms. The maximum Gasteiger partial charge on any atom is 0.178 e. The highest BCUT2D eigenvalue weighted by molar-refractivity contribution is 6.46. The molecular weight excluding hydrogens is 238 g/mol. The molecule has 3 rings (SSSR count). The zero-order chi connectivity index (χ0) is 13.4. The first-order valence-electron chi connectivity index (χ1n) is 6.13. The van der Waals surface area contributed by atoms with Gasteiger partial charge in [0.2, 0.25) is 0 Å². The maximum absolute atomic E-state index is 11.5. The van der Waals surface area contributed by atoms with Crippen molar-refractivity contribution in [1.82, 2.24) is 9.97 Å². The number of benzene rings is 1. The van der Waals surface area contributed by atoms with Crippen LogP contribution >= 0.6 is 0 Å². The monoisotopic (exact) mass is 251 g/mol. The van der Waals surface area contributed by atoms with Crippen molar-refractivity contribution in [3.05, 3.63) is 47.5 Å². The van der Waals surface area contributed by atoms with Crippen molar-refractivity contribution < 1.29 is 4.79 Å². The quantitative estimate of drug-likeness (QED) is 0.823. The van der Waals surface area contributed by atoms with Crippen LogP contribution in [0.3, 0.4) is 0 Å². The number of fused-ring (bicyclic) bond motifs is 1. The molecule has 2 heterocycles. The summed E-state index contributed by atoms with van der Waals surface area (Å²) in [6.45, 7) is 4.00. The van der Waals surface area contributed by atoms with Gasteiger partial charge in [-0.25, -0.2) is 9.97 Å². The average Bonchev–Trinajstić information content (AvgIpc) is 2.82. The van der Waals surface area contributed by atoms with Crippen LogP contribution in [0.4, 0.5) is 0 Å². The molecule has 94 valence electrons. The molecule has 0 radical (unpaired) electrons. The van der Waals surface area contributed by atoms with Crippen molar-refractivity contribution in [3.63, 3.8) is 0 Å². The van der Waals surface area contributed by atoms with E-state index in [-0.39, 0.29) is 5.78 Å². The van der Waals surface area contributed by atoms with Crippen LogP contribution in [0.1, 0.15) is 23.9 Å². The van der Waals surface area contributed by atoms with E-state index in [4.69, 9.17) is 0 Å². The SMILES string of the molecule is CC(=O)C1=NCc2ccc(-c3cnc(C)nc3)cc21. The number of carbonyl (C=O) groups is 1. The first kappa shape index (κ1) is 11.7. The third-order valence-electron chi connectivity index (χ3n) is 3.22. The number of ketones is 1. The van der Waals surface area contributed by atoms with E-state index in [9.17, 15) is 4.79 Å². The number of aryl methyl sites for hydroxylation is 1. The van der Waals surface area contributed by atoms with Gasteiger partial charge < -0.3 is 0 Å². The Kier molecular flexibility index (Phi) is 2.71. The Morgan fingerprint density at radius 1 is 1.16 bits per heavy atom. The third-order valence-corrected chi connectivity index (χ3v) is 3.22. The summed E-state index contributed by atoms with van der Waals surface area (Å²) in [5, 5.41) is 0. The minimum atomic E-state index is 0.0102. The zero-order valence-electron chi connectivity index (χ0n) is 10.8. The second kappa shape index (κ2) is 4.39. The number of aliphatic imine (C=N–C) groups is 1.